The molecule has 0 radical (unpaired) electrons. The molecule has 9 atom stereocenters. The van der Waals surface area contributed by atoms with Gasteiger partial charge in [-0.05, 0) is 23.8 Å². The smallest absolute Gasteiger partial charge is 0.229 e. The van der Waals surface area contributed by atoms with E-state index in [9.17, 15) is 40.5 Å². The van der Waals surface area contributed by atoms with E-state index in [0.29, 0.717) is 5.56 Å². The summed E-state index contributed by atoms with van der Waals surface area (Å²) in [7, 11) is 1.32. The molecule has 2 saturated heterocycles. The zero-order valence-corrected chi connectivity index (χ0v) is 21.6. The zero-order chi connectivity index (χ0) is 29.4. The van der Waals surface area contributed by atoms with Crippen LogP contribution in [0.5, 0.6) is 17.2 Å². The van der Waals surface area contributed by atoms with Crippen LogP contribution in [0.4, 0.5) is 0 Å². The first-order valence-electron chi connectivity index (χ1n) is 12.7. The molecule has 0 aliphatic carbocycles. The molecule has 3 aromatic rings. The summed E-state index contributed by atoms with van der Waals surface area (Å²) in [5.41, 5.74) is 0.461. The van der Waals surface area contributed by atoms with Crippen molar-refractivity contribution in [3.05, 3.63) is 52.9 Å². The molecule has 222 valence electrons. The van der Waals surface area contributed by atoms with E-state index in [-0.39, 0.29) is 45.8 Å². The van der Waals surface area contributed by atoms with Crippen molar-refractivity contribution in [3.8, 4) is 28.4 Å². The van der Waals surface area contributed by atoms with Crippen molar-refractivity contribution < 1.29 is 63.8 Å². The van der Waals surface area contributed by atoms with Crippen LogP contribution in [-0.4, -0.2) is 111 Å². The number of rotatable bonds is 7. The van der Waals surface area contributed by atoms with Gasteiger partial charge in [0, 0.05) is 6.07 Å². The minimum absolute atomic E-state index is 0.0278. The number of aliphatic hydroxyl groups excluding tert-OH is 6. The van der Waals surface area contributed by atoms with E-state index in [0.717, 1.165) is 0 Å². The molecule has 41 heavy (non-hydrogen) atoms. The molecule has 2 aliphatic rings. The number of phenolic OH excluding ortho intramolecular Hbond substituents is 1. The van der Waals surface area contributed by atoms with Crippen molar-refractivity contribution in [2.24, 2.45) is 0 Å². The molecule has 3 heterocycles. The number of phenols is 1. The molecule has 0 amide bonds. The lowest BCUT2D eigenvalue weighted by Gasteiger charge is -2.44. The van der Waals surface area contributed by atoms with Gasteiger partial charge >= 0.3 is 0 Å². The normalized spacial score (nSPS) is 32.1. The van der Waals surface area contributed by atoms with Gasteiger partial charge in [0.05, 0.1) is 31.3 Å². The summed E-state index contributed by atoms with van der Waals surface area (Å²) in [6.07, 6.45) is -12.7. The number of ether oxygens (including phenoxy) is 5. The highest BCUT2D eigenvalue weighted by Gasteiger charge is 2.50. The van der Waals surface area contributed by atoms with Crippen molar-refractivity contribution in [2.75, 3.05) is 20.3 Å². The molecule has 1 aromatic heterocycles. The first-order valence-corrected chi connectivity index (χ1v) is 12.7. The number of hydrogen-bond acceptors (Lipinski definition) is 14. The second-order valence-electron chi connectivity index (χ2n) is 9.70. The van der Waals surface area contributed by atoms with Crippen LogP contribution in [0.2, 0.25) is 0 Å². The Kier molecular flexibility index (Phi) is 8.47. The van der Waals surface area contributed by atoms with Gasteiger partial charge in [-0.2, -0.15) is 0 Å². The van der Waals surface area contributed by atoms with Gasteiger partial charge in [-0.15, -0.1) is 0 Å². The molecule has 2 aromatic carbocycles. The highest BCUT2D eigenvalue weighted by atomic mass is 16.8. The fraction of sp³-hybridized carbons (Fsp3) is 0.444. The van der Waals surface area contributed by atoms with Gasteiger partial charge in [-0.25, -0.2) is 0 Å². The van der Waals surface area contributed by atoms with Gasteiger partial charge < -0.3 is 63.8 Å². The third-order valence-electron chi connectivity index (χ3n) is 7.05. The Morgan fingerprint density at radius 1 is 0.927 bits per heavy atom. The predicted molar refractivity (Wildman–Crippen MR) is 137 cm³/mol. The zero-order valence-electron chi connectivity index (χ0n) is 21.6. The van der Waals surface area contributed by atoms with Gasteiger partial charge in [-0.3, -0.25) is 4.79 Å². The average molecular weight is 579 g/mol. The predicted octanol–water partition coefficient (Wildman–Crippen LogP) is -1.18. The maximum Gasteiger partial charge on any atom is 0.229 e. The van der Waals surface area contributed by atoms with E-state index in [1.165, 1.54) is 37.6 Å². The van der Waals surface area contributed by atoms with Crippen molar-refractivity contribution in [1.29, 1.82) is 0 Å². The summed E-state index contributed by atoms with van der Waals surface area (Å²) in [5.74, 6) is 0.0673. The summed E-state index contributed by atoms with van der Waals surface area (Å²) in [6, 6.07) is 8.71. The molecule has 14 nitrogen and oxygen atoms in total. The van der Waals surface area contributed by atoms with E-state index < -0.39 is 61.9 Å². The van der Waals surface area contributed by atoms with Crippen LogP contribution in [0.3, 0.4) is 0 Å². The Labute approximate surface area is 232 Å². The quantitative estimate of drug-likeness (QED) is 0.176. The number of hydrogen-bond donors (Lipinski definition) is 7. The van der Waals surface area contributed by atoms with Crippen molar-refractivity contribution in [3.63, 3.8) is 0 Å². The van der Waals surface area contributed by atoms with Gasteiger partial charge in [-0.1, -0.05) is 12.1 Å². The van der Waals surface area contributed by atoms with Crippen LogP contribution < -0.4 is 14.9 Å². The van der Waals surface area contributed by atoms with Crippen LogP contribution >= 0.6 is 0 Å². The van der Waals surface area contributed by atoms with Gasteiger partial charge in [0.1, 0.15) is 54.2 Å². The number of aromatic hydroxyl groups is 1. The molecule has 0 unspecified atom stereocenters. The molecule has 5 rings (SSSR count). The van der Waals surface area contributed by atoms with Crippen LogP contribution in [0.25, 0.3) is 22.1 Å². The lowest BCUT2D eigenvalue weighted by Crippen LogP contribution is -2.63. The maximum absolute atomic E-state index is 13.3. The van der Waals surface area contributed by atoms with Gasteiger partial charge in [0.2, 0.25) is 11.7 Å². The molecule has 14 heteroatoms. The summed E-state index contributed by atoms with van der Waals surface area (Å²) in [6.45, 7) is -1.08. The molecular weight excluding hydrogens is 548 g/mol. The van der Waals surface area contributed by atoms with Crippen LogP contribution in [-0.2, 0) is 14.2 Å². The minimum atomic E-state index is -1.72. The Hall–Kier alpha value is -3.31. The molecule has 0 bridgehead atoms. The van der Waals surface area contributed by atoms with Crippen molar-refractivity contribution in [2.45, 2.75) is 55.3 Å². The Morgan fingerprint density at radius 2 is 1.66 bits per heavy atom. The standard InChI is InChI=1S/C27H30O14/c1-36-17-6-13-16(37-9-14(20(13)31)11-2-4-12(29)5-3-11)7-18(17)39-27-25(23(34)22(33)19(8-28)40-27)41-26-24(35)21(32)15(30)10-38-26/h2-7,9,15,19,21-30,32-35H,8,10H2,1H3/t15-,19-,21+,22-,23+,24-,25-,26+,27-/m1/s1. The van der Waals surface area contributed by atoms with Crippen LogP contribution in [0, 0.1) is 0 Å². The van der Waals surface area contributed by atoms with E-state index >= 15 is 0 Å². The van der Waals surface area contributed by atoms with E-state index in [1.807, 2.05) is 0 Å². The highest BCUT2D eigenvalue weighted by Crippen LogP contribution is 2.36. The summed E-state index contributed by atoms with van der Waals surface area (Å²) >= 11 is 0. The van der Waals surface area contributed by atoms with Crippen molar-refractivity contribution >= 4 is 11.0 Å². The maximum atomic E-state index is 13.3. The van der Waals surface area contributed by atoms with E-state index in [1.54, 1.807) is 12.1 Å². The largest absolute Gasteiger partial charge is 0.508 e. The molecule has 2 aliphatic heterocycles. The fourth-order valence-electron chi connectivity index (χ4n) is 4.70. The molecule has 0 spiro atoms. The lowest BCUT2D eigenvalue weighted by molar-refractivity contribution is -0.345. The number of methoxy groups -OCH3 is 1. The summed E-state index contributed by atoms with van der Waals surface area (Å²) in [5, 5.41) is 70.7. The van der Waals surface area contributed by atoms with Gasteiger partial charge in [0.15, 0.2) is 23.9 Å². The minimum Gasteiger partial charge on any atom is -0.508 e. The molecule has 7 N–H and O–H groups in total. The second-order valence-corrected chi connectivity index (χ2v) is 9.70. The Balaban J connectivity index is 1.47. The lowest BCUT2D eigenvalue weighted by atomic mass is 9.98. The summed E-state index contributed by atoms with van der Waals surface area (Å²) in [4.78, 5) is 13.3. The van der Waals surface area contributed by atoms with Gasteiger partial charge in [0.25, 0.3) is 0 Å². The van der Waals surface area contributed by atoms with E-state index in [2.05, 4.69) is 0 Å². The first kappa shape index (κ1) is 29.2. The monoisotopic (exact) mass is 578 g/mol. The fourth-order valence-corrected chi connectivity index (χ4v) is 4.70. The SMILES string of the molecule is COc1cc2c(=O)c(-c3ccc(O)cc3)coc2cc1O[C@@H]1O[C@H](CO)[C@@H](O)[C@H](O)[C@H]1O[C@@H]1OC[C@@H](O)[C@H](O)[C@H]1O. The van der Waals surface area contributed by atoms with E-state index in [4.69, 9.17) is 28.1 Å². The third kappa shape index (κ3) is 5.61. The molecular formula is C27H30O14. The highest BCUT2D eigenvalue weighted by molar-refractivity contribution is 5.84. The number of benzene rings is 2. The summed E-state index contributed by atoms with van der Waals surface area (Å²) < 4.78 is 33.6. The first-order chi connectivity index (χ1) is 19.6. The number of aliphatic hydroxyl groups is 6. The topological polar surface area (TPSA) is 218 Å². The third-order valence-corrected chi connectivity index (χ3v) is 7.05. The van der Waals surface area contributed by atoms with Crippen LogP contribution in [0.1, 0.15) is 0 Å². The number of fused-ring (bicyclic) bond motifs is 1. The van der Waals surface area contributed by atoms with Crippen LogP contribution in [0.15, 0.2) is 51.9 Å². The Morgan fingerprint density at radius 3 is 2.34 bits per heavy atom. The average Bonchev–Trinajstić information content (AvgIpc) is 2.97. The molecule has 2 fully saturated rings. The second kappa shape index (κ2) is 11.9. The van der Waals surface area contributed by atoms with Crippen molar-refractivity contribution in [1.82, 2.24) is 0 Å². The Bertz CT molecular complexity index is 1410. The molecule has 0 saturated carbocycles.